The number of hydrogen-bond acceptors (Lipinski definition) is 10. The first kappa shape index (κ1) is 32.0. The first-order valence-electron chi connectivity index (χ1n) is 16.0. The molecule has 3 N–H and O–H groups in total. The first-order chi connectivity index (χ1) is 23.5. The molecule has 1 unspecified atom stereocenters. The van der Waals surface area contributed by atoms with Crippen LogP contribution < -0.4 is 25.8 Å². The van der Waals surface area contributed by atoms with Crippen LogP contribution in [0.1, 0.15) is 37.4 Å². The minimum atomic E-state index is -0.928. The molecular formula is C34H35FN10O4. The fourth-order valence-electron chi connectivity index (χ4n) is 6.93. The molecule has 2 saturated heterocycles. The van der Waals surface area contributed by atoms with Crippen LogP contribution in [-0.2, 0) is 38.0 Å². The van der Waals surface area contributed by atoms with Gasteiger partial charge in [0, 0.05) is 63.2 Å². The van der Waals surface area contributed by atoms with E-state index >= 15 is 4.39 Å². The van der Waals surface area contributed by atoms with Gasteiger partial charge in [0.25, 0.3) is 5.69 Å². The Balaban J connectivity index is 1.08. The Morgan fingerprint density at radius 3 is 2.67 bits per heavy atom. The lowest BCUT2D eigenvalue weighted by Gasteiger charge is -2.38. The van der Waals surface area contributed by atoms with Crippen LogP contribution in [0, 0.1) is 12.5 Å². The van der Waals surface area contributed by atoms with Crippen LogP contribution >= 0.6 is 0 Å². The number of amides is 3. The Bertz CT molecular complexity index is 2080. The lowest BCUT2D eigenvalue weighted by Crippen LogP contribution is -2.51. The van der Waals surface area contributed by atoms with Crippen LogP contribution in [0.25, 0.3) is 15.7 Å². The van der Waals surface area contributed by atoms with Crippen molar-refractivity contribution in [2.75, 3.05) is 47.7 Å². The molecule has 2 aromatic heterocycles. The van der Waals surface area contributed by atoms with Crippen molar-refractivity contribution in [3.05, 3.63) is 65.0 Å². The maximum absolute atomic E-state index is 15.2. The monoisotopic (exact) mass is 666 g/mol. The summed E-state index contributed by atoms with van der Waals surface area (Å²) in [7, 11) is 5.16. The van der Waals surface area contributed by atoms with Gasteiger partial charge in [-0.15, -0.1) is 0 Å². The standard InChI is InChI=1S/C34H35FN10O4/c1-34(12-10-26(46)39-32(34)48)29-21-8-6-20(16-24(21)44(4)42-29)37-22-11-13-45(17-25(22)49-5)33-40-30(35)28(36-2)31(41-33)38-19-7-9-23-18(14-19)15-27(47)43(23)3/h6-9,14,16,22,25,37H,10-13,15,17H2,1,3-5H3,(H,38,40,41)(H,39,46,48)/t22-,25-,34?/m1/s1. The average molecular weight is 667 g/mol. The van der Waals surface area contributed by atoms with E-state index in [2.05, 4.69) is 30.8 Å². The summed E-state index contributed by atoms with van der Waals surface area (Å²) in [6, 6.07) is 11.1. The van der Waals surface area contributed by atoms with Gasteiger partial charge in [0.2, 0.25) is 29.6 Å². The lowest BCUT2D eigenvalue weighted by atomic mass is 9.77. The number of piperidine rings is 2. The van der Waals surface area contributed by atoms with Crippen molar-refractivity contribution in [1.29, 1.82) is 0 Å². The molecule has 0 spiro atoms. The number of nitrogens with zero attached hydrogens (tertiary/aromatic N) is 7. The fraction of sp³-hybridized carbons (Fsp3) is 0.382. The number of likely N-dealkylation sites (N-methyl/N-ethyl adjacent to an activating group) is 1. The number of imide groups is 1. The van der Waals surface area contributed by atoms with Gasteiger partial charge in [-0.2, -0.15) is 14.5 Å². The van der Waals surface area contributed by atoms with Crippen LogP contribution in [0.4, 0.5) is 38.9 Å². The van der Waals surface area contributed by atoms with Gasteiger partial charge in [-0.3, -0.25) is 24.4 Å². The molecule has 3 aliphatic heterocycles. The summed E-state index contributed by atoms with van der Waals surface area (Å²) >= 11 is 0. The Morgan fingerprint density at radius 1 is 1.12 bits per heavy atom. The highest BCUT2D eigenvalue weighted by Gasteiger charge is 2.43. The molecule has 2 aromatic carbocycles. The summed E-state index contributed by atoms with van der Waals surface area (Å²) < 4.78 is 22.8. The van der Waals surface area contributed by atoms with Gasteiger partial charge >= 0.3 is 0 Å². The van der Waals surface area contributed by atoms with Crippen LogP contribution in [-0.4, -0.2) is 76.9 Å². The smallest absolute Gasteiger partial charge is 0.282 e. The highest BCUT2D eigenvalue weighted by molar-refractivity contribution is 6.05. The molecule has 7 rings (SSSR count). The average Bonchev–Trinajstić information content (AvgIpc) is 3.57. The predicted molar refractivity (Wildman–Crippen MR) is 181 cm³/mol. The second-order valence-corrected chi connectivity index (χ2v) is 12.9. The minimum absolute atomic E-state index is 0.0131. The quantitative estimate of drug-likeness (QED) is 0.151. The molecule has 14 nitrogen and oxygen atoms in total. The van der Waals surface area contributed by atoms with Gasteiger partial charge in [0.1, 0.15) is 5.82 Å². The maximum Gasteiger partial charge on any atom is 0.282 e. The van der Waals surface area contributed by atoms with Crippen molar-refractivity contribution in [2.24, 2.45) is 7.05 Å². The molecular weight excluding hydrogens is 631 g/mol. The van der Waals surface area contributed by atoms with E-state index in [1.54, 1.807) is 35.9 Å². The third-order valence-electron chi connectivity index (χ3n) is 9.84. The molecule has 0 aliphatic carbocycles. The Hall–Kier alpha value is -5.62. The second-order valence-electron chi connectivity index (χ2n) is 12.9. The van der Waals surface area contributed by atoms with Gasteiger partial charge in [-0.25, -0.2) is 9.83 Å². The number of carbonyl (C=O) groups is 3. The largest absolute Gasteiger partial charge is 0.379 e. The zero-order valence-electron chi connectivity index (χ0n) is 27.5. The van der Waals surface area contributed by atoms with Crippen LogP contribution in [0.5, 0.6) is 0 Å². The summed E-state index contributed by atoms with van der Waals surface area (Å²) in [6.07, 6.45) is 1.21. The molecule has 5 heterocycles. The number of carbonyl (C=O) groups excluding carboxylic acids is 3. The number of anilines is 5. The number of halogens is 1. The number of nitrogens with one attached hydrogen (secondary N) is 3. The Kier molecular flexibility index (Phi) is 7.90. The summed E-state index contributed by atoms with van der Waals surface area (Å²) in [6.45, 7) is 10.2. The number of methoxy groups -OCH3 is 1. The summed E-state index contributed by atoms with van der Waals surface area (Å²) in [5.41, 5.74) is 3.30. The van der Waals surface area contributed by atoms with Crippen molar-refractivity contribution in [3.63, 3.8) is 0 Å². The first-order valence-corrected chi connectivity index (χ1v) is 16.0. The molecule has 0 bridgehead atoms. The second kappa shape index (κ2) is 12.1. The number of hydrogen-bond donors (Lipinski definition) is 3. The van der Waals surface area contributed by atoms with E-state index in [9.17, 15) is 14.4 Å². The molecule has 0 radical (unpaired) electrons. The molecule has 3 aliphatic rings. The molecule has 252 valence electrons. The summed E-state index contributed by atoms with van der Waals surface area (Å²) in [4.78, 5) is 52.1. The highest BCUT2D eigenvalue weighted by atomic mass is 19.1. The van der Waals surface area contributed by atoms with E-state index in [1.807, 2.05) is 43.1 Å². The lowest BCUT2D eigenvalue weighted by molar-refractivity contribution is -0.137. The number of rotatable bonds is 7. The molecule has 15 heteroatoms. The normalized spacial score (nSPS) is 22.2. The number of aryl methyl sites for hydroxylation is 1. The van der Waals surface area contributed by atoms with Gasteiger partial charge < -0.3 is 25.2 Å². The van der Waals surface area contributed by atoms with Crippen molar-refractivity contribution in [1.82, 2.24) is 25.1 Å². The van der Waals surface area contributed by atoms with E-state index in [-0.39, 0.29) is 60.2 Å². The van der Waals surface area contributed by atoms with Gasteiger partial charge in [-0.05, 0) is 61.7 Å². The van der Waals surface area contributed by atoms with Gasteiger partial charge in [-0.1, -0.05) is 0 Å². The number of fused-ring (bicyclic) bond motifs is 2. The van der Waals surface area contributed by atoms with Gasteiger partial charge in [0.15, 0.2) is 0 Å². The van der Waals surface area contributed by atoms with Crippen LogP contribution in [0.15, 0.2) is 36.4 Å². The molecule has 3 amide bonds. The number of aromatic nitrogens is 4. The topological polar surface area (TPSA) is 151 Å². The third kappa shape index (κ3) is 5.57. The molecule has 4 aromatic rings. The van der Waals surface area contributed by atoms with Crippen LogP contribution in [0.3, 0.4) is 0 Å². The van der Waals surface area contributed by atoms with E-state index in [1.165, 1.54) is 0 Å². The Labute approximate surface area is 281 Å². The molecule has 0 saturated carbocycles. The number of benzene rings is 2. The van der Waals surface area contributed by atoms with Crippen molar-refractivity contribution in [2.45, 2.75) is 50.2 Å². The van der Waals surface area contributed by atoms with E-state index in [4.69, 9.17) is 16.4 Å². The van der Waals surface area contributed by atoms with Crippen molar-refractivity contribution < 1.29 is 23.5 Å². The zero-order valence-corrected chi connectivity index (χ0v) is 27.5. The predicted octanol–water partition coefficient (Wildman–Crippen LogP) is 3.72. The van der Waals surface area contributed by atoms with Crippen molar-refractivity contribution in [3.8, 4) is 0 Å². The Morgan fingerprint density at radius 2 is 1.92 bits per heavy atom. The molecule has 3 atom stereocenters. The molecule has 49 heavy (non-hydrogen) atoms. The zero-order chi connectivity index (χ0) is 34.6. The summed E-state index contributed by atoms with van der Waals surface area (Å²) in [5, 5.41) is 14.6. The fourth-order valence-corrected chi connectivity index (χ4v) is 6.93. The maximum atomic E-state index is 15.2. The summed E-state index contributed by atoms with van der Waals surface area (Å²) in [5.74, 6) is -1.38. The SMILES string of the molecule is [C-]#[N+]c1c(F)nc(N2CC[C@@H](Nc3ccc4c(C5(C)CCC(=O)NC5=O)nn(C)c4c3)[C@H](OC)C2)nc1Nc1ccc2c(c1)CC(=O)N2C. The van der Waals surface area contributed by atoms with E-state index in [0.29, 0.717) is 37.3 Å². The van der Waals surface area contributed by atoms with E-state index < -0.39 is 11.4 Å². The highest BCUT2D eigenvalue weighted by Crippen LogP contribution is 2.38. The van der Waals surface area contributed by atoms with Crippen LogP contribution in [0.2, 0.25) is 0 Å². The third-order valence-corrected chi connectivity index (χ3v) is 9.84. The van der Waals surface area contributed by atoms with Gasteiger partial charge in [0.05, 0.1) is 41.8 Å². The number of ether oxygens (including phenoxy) is 1. The van der Waals surface area contributed by atoms with Crippen molar-refractivity contribution >= 4 is 63.1 Å². The minimum Gasteiger partial charge on any atom is -0.379 e. The van der Waals surface area contributed by atoms with E-state index in [0.717, 1.165) is 27.8 Å². The molecule has 2 fully saturated rings.